The molecule has 2 heterocycles. The first kappa shape index (κ1) is 18.6. The number of nitrogen functional groups attached to an aromatic ring is 1. The summed E-state index contributed by atoms with van der Waals surface area (Å²) in [6.07, 6.45) is 4.26. The summed E-state index contributed by atoms with van der Waals surface area (Å²) in [5.41, 5.74) is 9.73. The van der Waals surface area contributed by atoms with E-state index in [9.17, 15) is 5.11 Å². The fourth-order valence-electron chi connectivity index (χ4n) is 3.61. The molecule has 1 aliphatic rings. The van der Waals surface area contributed by atoms with Crippen LogP contribution in [-0.2, 0) is 29.7 Å². The van der Waals surface area contributed by atoms with Crippen molar-refractivity contribution in [3.63, 3.8) is 0 Å². The molecule has 7 heteroatoms. The van der Waals surface area contributed by atoms with Gasteiger partial charge in [-0.15, -0.1) is 0 Å². The lowest BCUT2D eigenvalue weighted by Gasteiger charge is -2.25. The summed E-state index contributed by atoms with van der Waals surface area (Å²) in [6, 6.07) is 0. The van der Waals surface area contributed by atoms with Crippen LogP contribution in [0.4, 0.5) is 5.82 Å². The predicted octanol–water partition coefficient (Wildman–Crippen LogP) is 1.33. The Kier molecular flexibility index (Phi) is 5.47. The number of fused-ring (bicyclic) bond motifs is 3. The normalized spacial score (nSPS) is 14.5. The van der Waals surface area contributed by atoms with Gasteiger partial charge in [-0.3, -0.25) is 0 Å². The number of nitrogens with zero attached hydrogens (tertiary/aromatic N) is 3. The molecule has 0 aromatic carbocycles. The number of nitrogens with two attached hydrogens (primary N) is 1. The topological polar surface area (TPSA) is 118 Å². The number of aliphatic hydroxyl groups is 1. The van der Waals surface area contributed by atoms with Crippen molar-refractivity contribution in [1.29, 1.82) is 0 Å². The Morgan fingerprint density at radius 3 is 2.62 bits per heavy atom. The maximum absolute atomic E-state index is 9.55. The van der Waals surface area contributed by atoms with Gasteiger partial charge in [-0.2, -0.15) is 0 Å². The van der Waals surface area contributed by atoms with E-state index in [0.29, 0.717) is 19.0 Å². The number of rotatable bonds is 5. The number of hydrogen-bond acceptors (Lipinski definition) is 5. The van der Waals surface area contributed by atoms with Crippen LogP contribution in [0.5, 0.6) is 0 Å². The molecule has 3 rings (SSSR count). The third-order valence-electron chi connectivity index (χ3n) is 4.56. The van der Waals surface area contributed by atoms with Crippen LogP contribution >= 0.6 is 0 Å². The van der Waals surface area contributed by atoms with Crippen molar-refractivity contribution < 1.29 is 15.3 Å². The molecule has 0 unspecified atom stereocenters. The van der Waals surface area contributed by atoms with Gasteiger partial charge < -0.3 is 25.6 Å². The van der Waals surface area contributed by atoms with Crippen LogP contribution < -0.4 is 5.73 Å². The zero-order valence-corrected chi connectivity index (χ0v) is 14.7. The van der Waals surface area contributed by atoms with E-state index < -0.39 is 5.60 Å². The summed E-state index contributed by atoms with van der Waals surface area (Å²) in [5.74, 6) is 1.28. The third kappa shape index (κ3) is 2.99. The molecule has 0 radical (unpaired) electrons. The Morgan fingerprint density at radius 2 is 1.96 bits per heavy atom. The molecule has 0 atom stereocenters. The molecule has 2 aromatic heterocycles. The fraction of sp³-hybridized carbons (Fsp3) is 0.647. The van der Waals surface area contributed by atoms with Gasteiger partial charge in [0, 0.05) is 18.8 Å². The van der Waals surface area contributed by atoms with Crippen molar-refractivity contribution in [1.82, 2.24) is 14.5 Å². The quantitative estimate of drug-likeness (QED) is 0.854. The van der Waals surface area contributed by atoms with Crippen LogP contribution in [0.1, 0.15) is 50.7 Å². The van der Waals surface area contributed by atoms with Crippen molar-refractivity contribution in [2.45, 2.75) is 58.6 Å². The minimum Gasteiger partial charge on any atom is -0.412 e. The summed E-state index contributed by atoms with van der Waals surface area (Å²) in [7, 11) is 0. The second-order valence-electron chi connectivity index (χ2n) is 6.58. The average Bonchev–Trinajstić information content (AvgIpc) is 2.89. The zero-order chi connectivity index (χ0) is 16.6. The van der Waals surface area contributed by atoms with Gasteiger partial charge in [0.05, 0.1) is 12.1 Å². The third-order valence-corrected chi connectivity index (χ3v) is 4.56. The van der Waals surface area contributed by atoms with Gasteiger partial charge in [-0.05, 0) is 52.0 Å². The van der Waals surface area contributed by atoms with E-state index in [1.807, 2.05) is 20.8 Å². The van der Waals surface area contributed by atoms with Gasteiger partial charge in [0.15, 0.2) is 5.82 Å². The van der Waals surface area contributed by atoms with Gasteiger partial charge in [0.2, 0.25) is 0 Å². The number of ether oxygens (including phenoxy) is 1. The molecule has 0 fully saturated rings. The molecule has 24 heavy (non-hydrogen) atoms. The van der Waals surface area contributed by atoms with E-state index in [-0.39, 0.29) is 12.1 Å². The number of aromatic nitrogens is 3. The number of pyridine rings is 1. The Balaban J connectivity index is 0.00000208. The summed E-state index contributed by atoms with van der Waals surface area (Å²) >= 11 is 0. The van der Waals surface area contributed by atoms with Gasteiger partial charge in [0.25, 0.3) is 0 Å². The highest BCUT2D eigenvalue weighted by atomic mass is 16.5. The molecule has 0 aliphatic heterocycles. The van der Waals surface area contributed by atoms with Crippen molar-refractivity contribution in [2.24, 2.45) is 0 Å². The fourth-order valence-corrected chi connectivity index (χ4v) is 3.61. The minimum atomic E-state index is -0.545. The molecule has 0 bridgehead atoms. The second kappa shape index (κ2) is 7.04. The molecule has 0 saturated heterocycles. The standard InChI is InChI=1S/C17H26N4O2.H2O/c1-4-23-17(2,3)16-20-13-14(21(16)9-10-22)11-7-5-6-8-12(11)19-15(13)18;/h22H,4-10H2,1-3H3,(H2,18,19);1H2. The summed E-state index contributed by atoms with van der Waals surface area (Å²) < 4.78 is 7.97. The summed E-state index contributed by atoms with van der Waals surface area (Å²) in [4.78, 5) is 9.35. The van der Waals surface area contributed by atoms with E-state index in [1.54, 1.807) is 0 Å². The number of imidazole rings is 1. The molecule has 1 aliphatic carbocycles. The lowest BCUT2D eigenvalue weighted by molar-refractivity contribution is -0.0232. The number of aryl methyl sites for hydroxylation is 2. The maximum Gasteiger partial charge on any atom is 0.151 e. The zero-order valence-electron chi connectivity index (χ0n) is 14.7. The van der Waals surface area contributed by atoms with Crippen LogP contribution in [0.15, 0.2) is 0 Å². The van der Waals surface area contributed by atoms with Crippen LogP contribution in [-0.4, -0.2) is 38.3 Å². The average molecular weight is 336 g/mol. The van der Waals surface area contributed by atoms with E-state index in [4.69, 9.17) is 15.5 Å². The monoisotopic (exact) mass is 336 g/mol. The summed E-state index contributed by atoms with van der Waals surface area (Å²) in [5, 5.41) is 9.55. The Morgan fingerprint density at radius 1 is 1.25 bits per heavy atom. The molecule has 0 spiro atoms. The van der Waals surface area contributed by atoms with Crippen molar-refractivity contribution >= 4 is 16.9 Å². The van der Waals surface area contributed by atoms with Gasteiger partial charge >= 0.3 is 0 Å². The Labute approximate surface area is 142 Å². The highest BCUT2D eigenvalue weighted by molar-refractivity contribution is 5.89. The maximum atomic E-state index is 9.55. The SMILES string of the molecule is CCOC(C)(C)c1nc2c(N)nc3c(c2n1CCO)CCCC3.O. The lowest BCUT2D eigenvalue weighted by atomic mass is 9.95. The van der Waals surface area contributed by atoms with Crippen molar-refractivity contribution in [3.8, 4) is 0 Å². The molecule has 134 valence electrons. The van der Waals surface area contributed by atoms with Crippen LogP contribution in [0.25, 0.3) is 11.0 Å². The molecular formula is C17H28N4O3. The molecular weight excluding hydrogens is 308 g/mol. The molecule has 5 N–H and O–H groups in total. The largest absolute Gasteiger partial charge is 0.412 e. The van der Waals surface area contributed by atoms with Crippen LogP contribution in [0.2, 0.25) is 0 Å². The van der Waals surface area contributed by atoms with Crippen LogP contribution in [0, 0.1) is 0 Å². The first-order valence-corrected chi connectivity index (χ1v) is 8.42. The Hall–Kier alpha value is -1.70. The summed E-state index contributed by atoms with van der Waals surface area (Å²) in [6.45, 7) is 7.11. The van der Waals surface area contributed by atoms with E-state index in [1.165, 1.54) is 5.56 Å². The van der Waals surface area contributed by atoms with Gasteiger partial charge in [0.1, 0.15) is 16.9 Å². The first-order chi connectivity index (χ1) is 11.0. The van der Waals surface area contributed by atoms with Crippen molar-refractivity contribution in [3.05, 3.63) is 17.1 Å². The second-order valence-corrected chi connectivity index (χ2v) is 6.58. The molecule has 2 aromatic rings. The molecule has 0 saturated carbocycles. The van der Waals surface area contributed by atoms with Crippen molar-refractivity contribution in [2.75, 3.05) is 18.9 Å². The first-order valence-electron chi connectivity index (χ1n) is 8.42. The highest BCUT2D eigenvalue weighted by Crippen LogP contribution is 2.35. The Bertz CT molecular complexity index is 724. The van der Waals surface area contributed by atoms with Gasteiger partial charge in [-0.25, -0.2) is 9.97 Å². The van der Waals surface area contributed by atoms with Crippen LogP contribution in [0.3, 0.4) is 0 Å². The lowest BCUT2D eigenvalue weighted by Crippen LogP contribution is -2.27. The predicted molar refractivity (Wildman–Crippen MR) is 93.9 cm³/mol. The molecule has 0 amide bonds. The van der Waals surface area contributed by atoms with E-state index in [2.05, 4.69) is 9.55 Å². The smallest absolute Gasteiger partial charge is 0.151 e. The number of hydrogen-bond donors (Lipinski definition) is 2. The van der Waals surface area contributed by atoms with E-state index in [0.717, 1.165) is 48.2 Å². The number of anilines is 1. The molecule has 7 nitrogen and oxygen atoms in total. The van der Waals surface area contributed by atoms with Gasteiger partial charge in [-0.1, -0.05) is 0 Å². The number of aliphatic hydroxyl groups excluding tert-OH is 1. The highest BCUT2D eigenvalue weighted by Gasteiger charge is 2.31. The minimum absolute atomic E-state index is 0. The van der Waals surface area contributed by atoms with E-state index >= 15 is 0 Å².